The summed E-state index contributed by atoms with van der Waals surface area (Å²) in [5, 5.41) is 0. The van der Waals surface area contributed by atoms with Crippen molar-refractivity contribution in [1.29, 1.82) is 0 Å². The van der Waals surface area contributed by atoms with Gasteiger partial charge in [-0.15, -0.1) is 0 Å². The SMILES string of the molecule is CCOC(=O)CC(C)(CN)c1ccc(N)cc1C. The maximum Gasteiger partial charge on any atom is 0.306 e. The molecule has 0 spiro atoms. The second-order valence-electron chi connectivity index (χ2n) is 4.82. The second kappa shape index (κ2) is 5.87. The molecule has 0 aliphatic carbocycles. The van der Waals surface area contributed by atoms with Crippen LogP contribution in [-0.2, 0) is 14.9 Å². The molecule has 1 atom stereocenters. The third kappa shape index (κ3) is 3.23. The fourth-order valence-electron chi connectivity index (χ4n) is 2.17. The Morgan fingerprint density at radius 3 is 2.61 bits per heavy atom. The lowest BCUT2D eigenvalue weighted by molar-refractivity contribution is -0.144. The molecule has 1 rings (SSSR count). The van der Waals surface area contributed by atoms with Crippen molar-refractivity contribution in [2.45, 2.75) is 32.6 Å². The van der Waals surface area contributed by atoms with Crippen LogP contribution in [0.1, 0.15) is 31.4 Å². The van der Waals surface area contributed by atoms with E-state index in [2.05, 4.69) is 0 Å². The van der Waals surface area contributed by atoms with Crippen LogP contribution in [0.3, 0.4) is 0 Å². The van der Waals surface area contributed by atoms with E-state index in [-0.39, 0.29) is 12.4 Å². The number of esters is 1. The van der Waals surface area contributed by atoms with E-state index < -0.39 is 5.41 Å². The van der Waals surface area contributed by atoms with Crippen LogP contribution in [0.2, 0.25) is 0 Å². The number of carbonyl (C=O) groups excluding carboxylic acids is 1. The summed E-state index contributed by atoms with van der Waals surface area (Å²) in [6.45, 7) is 6.52. The van der Waals surface area contributed by atoms with Crippen molar-refractivity contribution in [3.05, 3.63) is 29.3 Å². The molecule has 0 saturated heterocycles. The second-order valence-corrected chi connectivity index (χ2v) is 4.82. The van der Waals surface area contributed by atoms with Crippen LogP contribution in [0.5, 0.6) is 0 Å². The number of ether oxygens (including phenoxy) is 1. The molecule has 1 aromatic carbocycles. The van der Waals surface area contributed by atoms with Gasteiger partial charge in [-0.05, 0) is 37.1 Å². The van der Waals surface area contributed by atoms with Crippen LogP contribution in [0.15, 0.2) is 18.2 Å². The topological polar surface area (TPSA) is 78.3 Å². The summed E-state index contributed by atoms with van der Waals surface area (Å²) in [6.07, 6.45) is 0.280. The first-order valence-corrected chi connectivity index (χ1v) is 6.15. The molecule has 18 heavy (non-hydrogen) atoms. The number of hydrogen-bond acceptors (Lipinski definition) is 4. The third-order valence-electron chi connectivity index (χ3n) is 3.19. The van der Waals surface area contributed by atoms with Gasteiger partial charge in [0, 0.05) is 17.6 Å². The Labute approximate surface area is 108 Å². The highest BCUT2D eigenvalue weighted by Crippen LogP contribution is 2.30. The Balaban J connectivity index is 3.02. The standard InChI is InChI=1S/C14H22N2O2/c1-4-18-13(17)8-14(3,9-15)12-6-5-11(16)7-10(12)2/h5-7H,4,8-9,15-16H2,1-3H3. The minimum atomic E-state index is -0.413. The molecular formula is C14H22N2O2. The van der Waals surface area contributed by atoms with E-state index in [1.165, 1.54) is 0 Å². The fraction of sp³-hybridized carbons (Fsp3) is 0.500. The maximum absolute atomic E-state index is 11.7. The summed E-state index contributed by atoms with van der Waals surface area (Å²) in [5.74, 6) is -0.221. The minimum Gasteiger partial charge on any atom is -0.466 e. The molecule has 0 heterocycles. The van der Waals surface area contributed by atoms with Gasteiger partial charge in [-0.2, -0.15) is 0 Å². The van der Waals surface area contributed by atoms with Gasteiger partial charge in [-0.1, -0.05) is 13.0 Å². The lowest BCUT2D eigenvalue weighted by atomic mass is 9.77. The van der Waals surface area contributed by atoms with Crippen molar-refractivity contribution in [2.24, 2.45) is 5.73 Å². The Bertz CT molecular complexity index is 432. The van der Waals surface area contributed by atoms with Crippen LogP contribution >= 0.6 is 0 Å². The van der Waals surface area contributed by atoms with Gasteiger partial charge in [0.2, 0.25) is 0 Å². The highest BCUT2D eigenvalue weighted by atomic mass is 16.5. The monoisotopic (exact) mass is 250 g/mol. The molecule has 0 aromatic heterocycles. The minimum absolute atomic E-state index is 0.221. The fourth-order valence-corrected chi connectivity index (χ4v) is 2.17. The van der Waals surface area contributed by atoms with E-state index in [9.17, 15) is 4.79 Å². The van der Waals surface area contributed by atoms with Crippen molar-refractivity contribution in [3.63, 3.8) is 0 Å². The number of benzene rings is 1. The van der Waals surface area contributed by atoms with Crippen LogP contribution in [0.25, 0.3) is 0 Å². The maximum atomic E-state index is 11.7. The predicted octanol–water partition coefficient (Wildman–Crippen LogP) is 1.75. The van der Waals surface area contributed by atoms with Gasteiger partial charge < -0.3 is 16.2 Å². The molecule has 0 aliphatic heterocycles. The van der Waals surface area contributed by atoms with E-state index in [1.807, 2.05) is 32.0 Å². The van der Waals surface area contributed by atoms with Gasteiger partial charge in [0.1, 0.15) is 0 Å². The molecule has 4 heteroatoms. The average Bonchev–Trinajstić information content (AvgIpc) is 2.28. The normalized spacial score (nSPS) is 14.0. The lowest BCUT2D eigenvalue weighted by Gasteiger charge is -2.29. The quantitative estimate of drug-likeness (QED) is 0.616. The number of carbonyl (C=O) groups is 1. The van der Waals surface area contributed by atoms with Gasteiger partial charge in [0.15, 0.2) is 0 Å². The lowest BCUT2D eigenvalue weighted by Crippen LogP contribution is -2.35. The first kappa shape index (κ1) is 14.5. The van der Waals surface area contributed by atoms with E-state index in [0.717, 1.165) is 11.1 Å². The Kier molecular flexibility index (Phi) is 4.73. The zero-order chi connectivity index (χ0) is 13.8. The summed E-state index contributed by atoms with van der Waals surface area (Å²) >= 11 is 0. The zero-order valence-electron chi connectivity index (χ0n) is 11.3. The van der Waals surface area contributed by atoms with Crippen molar-refractivity contribution in [1.82, 2.24) is 0 Å². The first-order valence-electron chi connectivity index (χ1n) is 6.15. The number of nitrogen functional groups attached to an aromatic ring is 1. The summed E-state index contributed by atoms with van der Waals surface area (Å²) in [4.78, 5) is 11.7. The predicted molar refractivity (Wildman–Crippen MR) is 73.2 cm³/mol. The molecular weight excluding hydrogens is 228 g/mol. The highest BCUT2D eigenvalue weighted by molar-refractivity contribution is 5.71. The molecule has 0 saturated carbocycles. The molecule has 4 nitrogen and oxygen atoms in total. The number of aryl methyl sites for hydroxylation is 1. The molecule has 0 aliphatic rings. The average molecular weight is 250 g/mol. The molecule has 1 unspecified atom stereocenters. The van der Waals surface area contributed by atoms with Crippen molar-refractivity contribution >= 4 is 11.7 Å². The van der Waals surface area contributed by atoms with Crippen LogP contribution in [0.4, 0.5) is 5.69 Å². The number of anilines is 1. The summed E-state index contributed by atoms with van der Waals surface area (Å²) in [5.41, 5.74) is 14.0. The van der Waals surface area contributed by atoms with Gasteiger partial charge in [-0.3, -0.25) is 4.79 Å². The third-order valence-corrected chi connectivity index (χ3v) is 3.19. The van der Waals surface area contributed by atoms with E-state index >= 15 is 0 Å². The van der Waals surface area contributed by atoms with Gasteiger partial charge >= 0.3 is 5.97 Å². The number of hydrogen-bond donors (Lipinski definition) is 2. The van der Waals surface area contributed by atoms with Crippen molar-refractivity contribution < 1.29 is 9.53 Å². The number of rotatable bonds is 5. The van der Waals surface area contributed by atoms with E-state index in [0.29, 0.717) is 18.8 Å². The molecule has 100 valence electrons. The van der Waals surface area contributed by atoms with Crippen LogP contribution in [-0.4, -0.2) is 19.1 Å². The molecule has 1 aromatic rings. The molecule has 0 bridgehead atoms. The Morgan fingerprint density at radius 1 is 1.44 bits per heavy atom. The first-order chi connectivity index (χ1) is 8.42. The highest BCUT2D eigenvalue weighted by Gasteiger charge is 2.30. The Morgan fingerprint density at radius 2 is 2.11 bits per heavy atom. The Hall–Kier alpha value is -1.55. The van der Waals surface area contributed by atoms with Crippen LogP contribution < -0.4 is 11.5 Å². The van der Waals surface area contributed by atoms with Gasteiger partial charge in [-0.25, -0.2) is 0 Å². The summed E-state index contributed by atoms with van der Waals surface area (Å²) < 4.78 is 5.01. The van der Waals surface area contributed by atoms with E-state index in [4.69, 9.17) is 16.2 Å². The molecule has 0 radical (unpaired) electrons. The van der Waals surface area contributed by atoms with Crippen molar-refractivity contribution in [3.8, 4) is 0 Å². The summed E-state index contributed by atoms with van der Waals surface area (Å²) in [7, 11) is 0. The molecule has 0 fully saturated rings. The van der Waals surface area contributed by atoms with Crippen molar-refractivity contribution in [2.75, 3.05) is 18.9 Å². The van der Waals surface area contributed by atoms with E-state index in [1.54, 1.807) is 6.92 Å². The number of nitrogens with two attached hydrogens (primary N) is 2. The zero-order valence-corrected chi connectivity index (χ0v) is 11.3. The summed E-state index contributed by atoms with van der Waals surface area (Å²) in [6, 6.07) is 5.67. The molecule has 4 N–H and O–H groups in total. The van der Waals surface area contributed by atoms with Gasteiger partial charge in [0.05, 0.1) is 13.0 Å². The molecule has 0 amide bonds. The smallest absolute Gasteiger partial charge is 0.306 e. The van der Waals surface area contributed by atoms with Gasteiger partial charge in [0.25, 0.3) is 0 Å². The van der Waals surface area contributed by atoms with Crippen LogP contribution in [0, 0.1) is 6.92 Å². The largest absolute Gasteiger partial charge is 0.466 e.